The van der Waals surface area contributed by atoms with Crippen molar-refractivity contribution in [1.29, 1.82) is 0 Å². The highest BCUT2D eigenvalue weighted by Crippen LogP contribution is 2.23. The number of amides is 1. The van der Waals surface area contributed by atoms with Gasteiger partial charge in [-0.25, -0.2) is 9.78 Å². The SMILES string of the molecule is CCCn1c(=O)c2c(nc(Cc3ccccc3)n2C(C)N(CC)CC)n(CCc2ccc(NC(=O)CCC(=O)O)cc2)c1=O. The van der Waals surface area contributed by atoms with Gasteiger partial charge in [0.15, 0.2) is 11.2 Å². The first kappa shape index (κ1) is 32.4. The van der Waals surface area contributed by atoms with E-state index in [-0.39, 0.29) is 36.2 Å². The zero-order valence-corrected chi connectivity index (χ0v) is 26.0. The van der Waals surface area contributed by atoms with Crippen LogP contribution in [0.15, 0.2) is 64.2 Å². The lowest BCUT2D eigenvalue weighted by Crippen LogP contribution is -2.41. The number of fused-ring (bicyclic) bond motifs is 1. The second-order valence-corrected chi connectivity index (χ2v) is 10.9. The number of aryl methyl sites for hydroxylation is 2. The number of hydrogen-bond acceptors (Lipinski definition) is 6. The van der Waals surface area contributed by atoms with E-state index in [0.717, 1.165) is 30.0 Å². The molecule has 2 heterocycles. The average molecular weight is 603 g/mol. The van der Waals surface area contributed by atoms with Crippen molar-refractivity contribution in [1.82, 2.24) is 23.6 Å². The number of anilines is 1. The fraction of sp³-hybridized carbons (Fsp3) is 0.424. The van der Waals surface area contributed by atoms with Gasteiger partial charge < -0.3 is 15.0 Å². The van der Waals surface area contributed by atoms with Gasteiger partial charge in [0.25, 0.3) is 5.56 Å². The number of rotatable bonds is 15. The first-order chi connectivity index (χ1) is 21.2. The van der Waals surface area contributed by atoms with Crippen LogP contribution >= 0.6 is 0 Å². The number of benzene rings is 2. The molecule has 0 saturated heterocycles. The van der Waals surface area contributed by atoms with Crippen LogP contribution in [0, 0.1) is 0 Å². The molecule has 1 amide bonds. The number of imidazole rings is 1. The van der Waals surface area contributed by atoms with Crippen molar-refractivity contribution in [3.63, 3.8) is 0 Å². The lowest BCUT2D eigenvalue weighted by molar-refractivity contribution is -0.138. The maximum Gasteiger partial charge on any atom is 0.332 e. The largest absolute Gasteiger partial charge is 0.481 e. The highest BCUT2D eigenvalue weighted by molar-refractivity contribution is 5.92. The molecule has 0 spiro atoms. The lowest BCUT2D eigenvalue weighted by atomic mass is 10.1. The highest BCUT2D eigenvalue weighted by Gasteiger charge is 2.26. The van der Waals surface area contributed by atoms with E-state index in [4.69, 9.17) is 10.1 Å². The Bertz CT molecular complexity index is 1700. The molecule has 0 fully saturated rings. The van der Waals surface area contributed by atoms with Gasteiger partial charge in [-0.15, -0.1) is 0 Å². The van der Waals surface area contributed by atoms with Crippen molar-refractivity contribution in [2.75, 3.05) is 18.4 Å². The van der Waals surface area contributed by atoms with E-state index in [0.29, 0.717) is 49.2 Å². The molecule has 2 N–H and O–H groups in total. The van der Waals surface area contributed by atoms with Crippen molar-refractivity contribution < 1.29 is 14.7 Å². The summed E-state index contributed by atoms with van der Waals surface area (Å²) in [4.78, 5) is 57.7. The number of carbonyl (C=O) groups is 2. The fourth-order valence-corrected chi connectivity index (χ4v) is 5.59. The number of nitrogens with one attached hydrogen (secondary N) is 1. The molecule has 0 saturated carbocycles. The Labute approximate surface area is 256 Å². The van der Waals surface area contributed by atoms with Crippen molar-refractivity contribution in [3.05, 3.63) is 92.4 Å². The van der Waals surface area contributed by atoms with Crippen LogP contribution in [0.1, 0.15) is 70.1 Å². The van der Waals surface area contributed by atoms with Crippen LogP contribution in [-0.2, 0) is 35.5 Å². The molecule has 0 aliphatic rings. The standard InChI is InChI=1S/C33H42N6O5/c1-5-20-38-32(43)30-31(35-27(22-25-11-9-8-10-12-25)39(30)23(4)36(6-2)7-3)37(33(38)44)21-19-24-13-15-26(16-14-24)34-28(40)17-18-29(41)42/h8-16,23H,5-7,17-22H2,1-4H3,(H,34,40)(H,41,42). The summed E-state index contributed by atoms with van der Waals surface area (Å²) in [5.41, 5.74) is 2.68. The predicted molar refractivity (Wildman–Crippen MR) is 171 cm³/mol. The van der Waals surface area contributed by atoms with E-state index >= 15 is 0 Å². The quantitative estimate of drug-likeness (QED) is 0.208. The minimum Gasteiger partial charge on any atom is -0.481 e. The molecular formula is C33H42N6O5. The summed E-state index contributed by atoms with van der Waals surface area (Å²) in [7, 11) is 0. The molecular weight excluding hydrogens is 560 g/mol. The number of carboxylic acids is 1. The maximum atomic E-state index is 14.0. The zero-order valence-electron chi connectivity index (χ0n) is 26.0. The topological polar surface area (TPSA) is 131 Å². The Morgan fingerprint density at radius 2 is 1.59 bits per heavy atom. The summed E-state index contributed by atoms with van der Waals surface area (Å²) in [6.45, 7) is 10.4. The summed E-state index contributed by atoms with van der Waals surface area (Å²) >= 11 is 0. The Balaban J connectivity index is 1.75. The van der Waals surface area contributed by atoms with Crippen molar-refractivity contribution in [2.45, 2.75) is 79.1 Å². The van der Waals surface area contributed by atoms with Crippen LogP contribution < -0.4 is 16.6 Å². The van der Waals surface area contributed by atoms with Crippen LogP contribution in [0.4, 0.5) is 5.69 Å². The molecule has 0 radical (unpaired) electrons. The normalized spacial score (nSPS) is 12.1. The molecule has 4 rings (SSSR count). The van der Waals surface area contributed by atoms with Crippen molar-refractivity contribution >= 4 is 28.7 Å². The molecule has 2 aromatic heterocycles. The third-order valence-electron chi connectivity index (χ3n) is 7.93. The van der Waals surface area contributed by atoms with E-state index < -0.39 is 5.97 Å². The number of aliphatic carboxylic acids is 1. The Kier molecular flexibility index (Phi) is 10.9. The molecule has 44 heavy (non-hydrogen) atoms. The second kappa shape index (κ2) is 14.8. The summed E-state index contributed by atoms with van der Waals surface area (Å²) < 4.78 is 4.97. The monoisotopic (exact) mass is 602 g/mol. The molecule has 234 valence electrons. The van der Waals surface area contributed by atoms with E-state index in [1.807, 2.05) is 54.0 Å². The van der Waals surface area contributed by atoms with Gasteiger partial charge in [0.2, 0.25) is 5.91 Å². The van der Waals surface area contributed by atoms with Gasteiger partial charge in [-0.05, 0) is 56.1 Å². The molecule has 0 aliphatic carbocycles. The van der Waals surface area contributed by atoms with Crippen LogP contribution in [0.3, 0.4) is 0 Å². The van der Waals surface area contributed by atoms with Gasteiger partial charge in [-0.1, -0.05) is 63.2 Å². The van der Waals surface area contributed by atoms with E-state index in [1.54, 1.807) is 16.7 Å². The van der Waals surface area contributed by atoms with Gasteiger partial charge in [0, 0.05) is 31.6 Å². The second-order valence-electron chi connectivity index (χ2n) is 10.9. The van der Waals surface area contributed by atoms with Crippen molar-refractivity contribution in [3.8, 4) is 0 Å². The van der Waals surface area contributed by atoms with Gasteiger partial charge >= 0.3 is 11.7 Å². The van der Waals surface area contributed by atoms with Crippen LogP contribution in [0.2, 0.25) is 0 Å². The van der Waals surface area contributed by atoms with Gasteiger partial charge in [0.1, 0.15) is 5.82 Å². The maximum absolute atomic E-state index is 14.0. The number of aromatic nitrogens is 4. The minimum atomic E-state index is -1.02. The number of nitrogens with zero attached hydrogens (tertiary/aromatic N) is 5. The summed E-state index contributed by atoms with van der Waals surface area (Å²) in [5, 5.41) is 11.5. The number of carbonyl (C=O) groups excluding carboxylic acids is 1. The Morgan fingerprint density at radius 3 is 2.20 bits per heavy atom. The molecule has 1 atom stereocenters. The summed E-state index contributed by atoms with van der Waals surface area (Å²) in [6, 6.07) is 17.2. The van der Waals surface area contributed by atoms with Gasteiger partial charge in [-0.3, -0.25) is 28.4 Å². The first-order valence-electron chi connectivity index (χ1n) is 15.3. The van der Waals surface area contributed by atoms with E-state index in [2.05, 4.69) is 31.0 Å². The molecule has 11 nitrogen and oxygen atoms in total. The predicted octanol–water partition coefficient (Wildman–Crippen LogP) is 4.27. The van der Waals surface area contributed by atoms with Crippen LogP contribution in [0.25, 0.3) is 11.2 Å². The van der Waals surface area contributed by atoms with Crippen LogP contribution in [-0.4, -0.2) is 53.7 Å². The highest BCUT2D eigenvalue weighted by atomic mass is 16.4. The molecule has 11 heteroatoms. The minimum absolute atomic E-state index is 0.102. The number of carboxylic acid groups (broad SMARTS) is 1. The van der Waals surface area contributed by atoms with E-state index in [1.165, 1.54) is 4.57 Å². The Hall–Kier alpha value is -4.51. The zero-order chi connectivity index (χ0) is 31.8. The average Bonchev–Trinajstić information content (AvgIpc) is 3.38. The smallest absolute Gasteiger partial charge is 0.332 e. The summed E-state index contributed by atoms with van der Waals surface area (Å²) in [6.07, 6.45) is 1.16. The van der Waals surface area contributed by atoms with Crippen molar-refractivity contribution in [2.24, 2.45) is 0 Å². The third-order valence-corrected chi connectivity index (χ3v) is 7.93. The lowest BCUT2D eigenvalue weighted by Gasteiger charge is -2.29. The summed E-state index contributed by atoms with van der Waals surface area (Å²) in [5.74, 6) is -0.661. The molecule has 0 aliphatic heterocycles. The number of hydrogen-bond donors (Lipinski definition) is 2. The molecule has 4 aromatic rings. The fourth-order valence-electron chi connectivity index (χ4n) is 5.59. The molecule has 1 unspecified atom stereocenters. The first-order valence-corrected chi connectivity index (χ1v) is 15.3. The van der Waals surface area contributed by atoms with Gasteiger partial charge in [-0.2, -0.15) is 0 Å². The van der Waals surface area contributed by atoms with Gasteiger partial charge in [0.05, 0.1) is 12.6 Å². The van der Waals surface area contributed by atoms with Crippen LogP contribution in [0.5, 0.6) is 0 Å². The molecule has 0 bridgehead atoms. The molecule has 2 aromatic carbocycles. The van der Waals surface area contributed by atoms with E-state index in [9.17, 15) is 19.2 Å². The third kappa shape index (κ3) is 7.34. The Morgan fingerprint density at radius 1 is 0.909 bits per heavy atom.